The SMILES string of the molecule is BCCC[C@H]1CC(CNCc2ccc(-c3ccc(Cl)cc3)cc2)C[C@@]1(N)C(=O)O. The van der Waals surface area contributed by atoms with E-state index in [4.69, 9.17) is 17.3 Å². The first-order valence-electron chi connectivity index (χ1n) is 10.5. The zero-order valence-corrected chi connectivity index (χ0v) is 17.8. The first-order valence-corrected chi connectivity index (χ1v) is 10.9. The number of carbonyl (C=O) groups is 1. The highest BCUT2D eigenvalue weighted by Crippen LogP contribution is 2.41. The van der Waals surface area contributed by atoms with Crippen molar-refractivity contribution < 1.29 is 9.90 Å². The number of aliphatic carboxylic acids is 1. The van der Waals surface area contributed by atoms with E-state index < -0.39 is 11.5 Å². The van der Waals surface area contributed by atoms with E-state index in [0.717, 1.165) is 54.8 Å². The molecule has 4 N–H and O–H groups in total. The minimum atomic E-state index is -1.07. The second-order valence-electron chi connectivity index (χ2n) is 8.33. The number of halogens is 1. The van der Waals surface area contributed by atoms with Gasteiger partial charge in [-0.15, -0.1) is 0 Å². The predicted octanol–water partition coefficient (Wildman–Crippen LogP) is 3.74. The normalized spacial score (nSPS) is 23.9. The topological polar surface area (TPSA) is 75.3 Å². The van der Waals surface area contributed by atoms with Gasteiger partial charge in [0, 0.05) is 11.6 Å². The van der Waals surface area contributed by atoms with Crippen LogP contribution in [0, 0.1) is 11.8 Å². The highest BCUT2D eigenvalue weighted by Gasteiger charge is 2.49. The van der Waals surface area contributed by atoms with Gasteiger partial charge in [-0.25, -0.2) is 0 Å². The Balaban J connectivity index is 1.52. The molecular weight excluding hydrogens is 383 g/mol. The molecule has 1 aliphatic carbocycles. The number of hydrogen-bond donors (Lipinski definition) is 3. The Kier molecular flexibility index (Phi) is 7.39. The number of hydrogen-bond acceptors (Lipinski definition) is 3. The van der Waals surface area contributed by atoms with Crippen molar-refractivity contribution in [3.63, 3.8) is 0 Å². The van der Waals surface area contributed by atoms with Crippen molar-refractivity contribution in [3.8, 4) is 11.1 Å². The van der Waals surface area contributed by atoms with Gasteiger partial charge in [-0.3, -0.25) is 4.79 Å². The molecule has 0 saturated heterocycles. The standard InChI is InChI=1S/C23H30BClN2O2/c24-11-1-2-20-12-17(13-23(20,26)22(28)29)15-27-14-16-3-5-18(6-4-16)19-7-9-21(25)10-8-19/h3-10,17,20,27H,1-2,11-15,24,26H2,(H,28,29)/t17?,20-,23-/m0/s1. The molecule has 0 bridgehead atoms. The quantitative estimate of drug-likeness (QED) is 0.548. The van der Waals surface area contributed by atoms with E-state index in [0.29, 0.717) is 12.3 Å². The van der Waals surface area contributed by atoms with Crippen LogP contribution in [0.25, 0.3) is 11.1 Å². The fourth-order valence-electron chi connectivity index (χ4n) is 4.46. The van der Waals surface area contributed by atoms with Gasteiger partial charge >= 0.3 is 5.97 Å². The Bertz CT molecular complexity index is 813. The summed E-state index contributed by atoms with van der Waals surface area (Å²) in [7, 11) is 2.13. The Labute approximate surface area is 179 Å². The molecule has 0 aliphatic heterocycles. The van der Waals surface area contributed by atoms with Gasteiger partial charge in [0.05, 0.1) is 0 Å². The van der Waals surface area contributed by atoms with Crippen molar-refractivity contribution in [3.05, 3.63) is 59.1 Å². The maximum Gasteiger partial charge on any atom is 0.323 e. The zero-order valence-electron chi connectivity index (χ0n) is 17.0. The van der Waals surface area contributed by atoms with Crippen molar-refractivity contribution in [1.82, 2.24) is 5.32 Å². The van der Waals surface area contributed by atoms with Gasteiger partial charge < -0.3 is 16.2 Å². The fraction of sp³-hybridized carbons (Fsp3) is 0.435. The summed E-state index contributed by atoms with van der Waals surface area (Å²) < 4.78 is 0. The minimum absolute atomic E-state index is 0.0745. The molecule has 3 atom stereocenters. The van der Waals surface area contributed by atoms with E-state index in [2.05, 4.69) is 37.4 Å². The van der Waals surface area contributed by atoms with Crippen molar-refractivity contribution in [2.45, 2.75) is 44.1 Å². The molecule has 4 nitrogen and oxygen atoms in total. The average Bonchev–Trinajstić information content (AvgIpc) is 3.04. The van der Waals surface area contributed by atoms with E-state index in [1.807, 2.05) is 24.3 Å². The molecule has 29 heavy (non-hydrogen) atoms. The monoisotopic (exact) mass is 412 g/mol. The van der Waals surface area contributed by atoms with Crippen LogP contribution in [0.1, 0.15) is 31.2 Å². The summed E-state index contributed by atoms with van der Waals surface area (Å²) in [4.78, 5) is 11.8. The third kappa shape index (κ3) is 5.41. The smallest absolute Gasteiger partial charge is 0.323 e. The van der Waals surface area contributed by atoms with Crippen LogP contribution in [0.3, 0.4) is 0 Å². The molecule has 0 spiro atoms. The highest BCUT2D eigenvalue weighted by molar-refractivity contribution is 6.30. The largest absolute Gasteiger partial charge is 0.480 e. The van der Waals surface area contributed by atoms with Crippen LogP contribution < -0.4 is 11.1 Å². The van der Waals surface area contributed by atoms with E-state index >= 15 is 0 Å². The lowest BCUT2D eigenvalue weighted by Gasteiger charge is -2.26. The zero-order chi connectivity index (χ0) is 20.9. The molecule has 3 rings (SSSR count). The van der Waals surface area contributed by atoms with Crippen molar-refractivity contribution in [1.29, 1.82) is 0 Å². The van der Waals surface area contributed by atoms with Crippen LogP contribution in [0.4, 0.5) is 0 Å². The van der Waals surface area contributed by atoms with Gasteiger partial charge in [0.1, 0.15) is 13.4 Å². The number of nitrogens with two attached hydrogens (primary N) is 1. The van der Waals surface area contributed by atoms with Gasteiger partial charge in [-0.05, 0) is 66.5 Å². The summed E-state index contributed by atoms with van der Waals surface area (Å²) in [5, 5.41) is 13.9. The molecular formula is C23H30BClN2O2. The van der Waals surface area contributed by atoms with Gasteiger partial charge in [0.15, 0.2) is 0 Å². The van der Waals surface area contributed by atoms with Crippen LogP contribution in [-0.2, 0) is 11.3 Å². The van der Waals surface area contributed by atoms with E-state index in [9.17, 15) is 9.90 Å². The Morgan fingerprint density at radius 2 is 1.79 bits per heavy atom. The Morgan fingerprint density at radius 1 is 1.17 bits per heavy atom. The van der Waals surface area contributed by atoms with Crippen molar-refractivity contribution in [2.75, 3.05) is 6.54 Å². The maximum absolute atomic E-state index is 11.8. The summed E-state index contributed by atoms with van der Waals surface area (Å²) in [6.45, 7) is 1.56. The first kappa shape index (κ1) is 21.9. The number of carboxylic acids is 1. The van der Waals surface area contributed by atoms with E-state index in [1.165, 1.54) is 5.56 Å². The highest BCUT2D eigenvalue weighted by atomic mass is 35.5. The lowest BCUT2D eigenvalue weighted by atomic mass is 9.83. The number of nitrogens with one attached hydrogen (secondary N) is 1. The molecule has 2 aromatic carbocycles. The molecule has 1 saturated carbocycles. The van der Waals surface area contributed by atoms with Gasteiger partial charge in [-0.1, -0.05) is 60.7 Å². The van der Waals surface area contributed by atoms with Gasteiger partial charge in [0.25, 0.3) is 0 Å². The molecule has 1 aliphatic rings. The molecule has 6 heteroatoms. The number of carboxylic acid groups (broad SMARTS) is 1. The van der Waals surface area contributed by atoms with E-state index in [1.54, 1.807) is 0 Å². The van der Waals surface area contributed by atoms with Crippen molar-refractivity contribution >= 4 is 25.4 Å². The van der Waals surface area contributed by atoms with Crippen LogP contribution >= 0.6 is 11.6 Å². The molecule has 0 amide bonds. The van der Waals surface area contributed by atoms with Crippen LogP contribution in [0.5, 0.6) is 0 Å². The Hall–Kier alpha value is -1.82. The molecule has 0 aromatic heterocycles. The average molecular weight is 413 g/mol. The summed E-state index contributed by atoms with van der Waals surface area (Å²) in [5.41, 5.74) is 8.75. The molecule has 1 fully saturated rings. The van der Waals surface area contributed by atoms with Gasteiger partial charge in [-0.2, -0.15) is 0 Å². The van der Waals surface area contributed by atoms with Crippen molar-refractivity contribution in [2.24, 2.45) is 17.6 Å². The minimum Gasteiger partial charge on any atom is -0.480 e. The number of benzene rings is 2. The second kappa shape index (κ2) is 9.79. The fourth-order valence-corrected chi connectivity index (χ4v) is 4.59. The lowest BCUT2D eigenvalue weighted by Crippen LogP contribution is -2.51. The third-order valence-electron chi connectivity index (χ3n) is 6.17. The van der Waals surface area contributed by atoms with Crippen LogP contribution in [0.15, 0.2) is 48.5 Å². The maximum atomic E-state index is 11.8. The second-order valence-corrected chi connectivity index (χ2v) is 8.76. The first-order chi connectivity index (χ1) is 13.9. The molecule has 154 valence electrons. The summed E-state index contributed by atoms with van der Waals surface area (Å²) in [6, 6.07) is 16.3. The molecule has 0 radical (unpaired) electrons. The lowest BCUT2D eigenvalue weighted by molar-refractivity contribution is -0.145. The third-order valence-corrected chi connectivity index (χ3v) is 6.42. The molecule has 1 unspecified atom stereocenters. The van der Waals surface area contributed by atoms with Gasteiger partial charge in [0.2, 0.25) is 0 Å². The van der Waals surface area contributed by atoms with Crippen LogP contribution in [0.2, 0.25) is 11.3 Å². The van der Waals surface area contributed by atoms with Crippen LogP contribution in [-0.4, -0.2) is 31.0 Å². The Morgan fingerprint density at radius 3 is 2.38 bits per heavy atom. The summed E-state index contributed by atoms with van der Waals surface area (Å²) in [6.07, 6.45) is 4.46. The predicted molar refractivity (Wildman–Crippen MR) is 122 cm³/mol. The summed E-state index contributed by atoms with van der Waals surface area (Å²) in [5.74, 6) is -0.462. The molecule has 2 aromatic rings. The summed E-state index contributed by atoms with van der Waals surface area (Å²) >= 11 is 5.96. The molecule has 0 heterocycles. The number of rotatable bonds is 9. The van der Waals surface area contributed by atoms with E-state index in [-0.39, 0.29) is 5.92 Å².